The summed E-state index contributed by atoms with van der Waals surface area (Å²) in [5.41, 5.74) is 14.0. The first kappa shape index (κ1) is 54.5. The highest BCUT2D eigenvalue weighted by Crippen LogP contribution is 2.34. The van der Waals surface area contributed by atoms with Crippen molar-refractivity contribution in [3.8, 4) is 0 Å². The summed E-state index contributed by atoms with van der Waals surface area (Å²) in [6.45, 7) is 5.78. The molecule has 392 valence electrons. The molecule has 15 nitrogen and oxygen atoms in total. The van der Waals surface area contributed by atoms with Crippen LogP contribution in [0.2, 0.25) is 0 Å². The van der Waals surface area contributed by atoms with E-state index in [1.165, 1.54) is 0 Å². The van der Waals surface area contributed by atoms with E-state index in [1.807, 2.05) is 182 Å². The number of ether oxygens (including phenoxy) is 9. The third-order valence-corrected chi connectivity index (χ3v) is 12.7. The number of hydrogen-bond acceptors (Lipinski definition) is 12. The van der Waals surface area contributed by atoms with E-state index >= 15 is 4.79 Å². The molecule has 10 atom stereocenters. The number of carbonyl (C=O) groups excluding carboxylic acids is 2. The molecule has 8 rings (SSSR count). The fourth-order valence-corrected chi connectivity index (χ4v) is 9.07. The molecule has 15 heteroatoms. The molecule has 75 heavy (non-hydrogen) atoms. The number of amides is 1. The van der Waals surface area contributed by atoms with Crippen molar-refractivity contribution in [3.63, 3.8) is 0 Å². The Balaban J connectivity index is 1.14. The van der Waals surface area contributed by atoms with Gasteiger partial charge in [-0.3, -0.25) is 4.79 Å². The van der Waals surface area contributed by atoms with E-state index in [0.29, 0.717) is 0 Å². The number of nitrogens with zero attached hydrogens (tertiary/aromatic N) is 3. The van der Waals surface area contributed by atoms with Gasteiger partial charge in [-0.1, -0.05) is 187 Å². The van der Waals surface area contributed by atoms with Crippen LogP contribution >= 0.6 is 0 Å². The summed E-state index contributed by atoms with van der Waals surface area (Å²) in [5.74, 6) is -1.25. The van der Waals surface area contributed by atoms with Gasteiger partial charge in [-0.05, 0) is 59.7 Å². The number of esters is 1. The molecule has 0 radical (unpaired) electrons. The van der Waals surface area contributed by atoms with Crippen LogP contribution in [0.25, 0.3) is 10.4 Å². The van der Waals surface area contributed by atoms with Crippen molar-refractivity contribution in [2.45, 2.75) is 127 Å². The van der Waals surface area contributed by atoms with Crippen LogP contribution in [0.3, 0.4) is 0 Å². The Bertz CT molecular complexity index is 2680. The molecule has 2 aliphatic heterocycles. The third kappa shape index (κ3) is 16.1. The summed E-state index contributed by atoms with van der Waals surface area (Å²) >= 11 is 0. The summed E-state index contributed by atoms with van der Waals surface area (Å²) in [7, 11) is 0. The second-order valence-electron chi connectivity index (χ2n) is 19.4. The van der Waals surface area contributed by atoms with Crippen molar-refractivity contribution in [1.82, 2.24) is 5.32 Å². The molecule has 0 spiro atoms. The Labute approximate surface area is 438 Å². The number of azide groups is 1. The van der Waals surface area contributed by atoms with E-state index < -0.39 is 78.5 Å². The van der Waals surface area contributed by atoms with Crippen LogP contribution in [0, 0.1) is 0 Å². The minimum atomic E-state index is -1.34. The minimum Gasteiger partial charge on any atom is -0.458 e. The molecule has 0 unspecified atom stereocenters. The quantitative estimate of drug-likeness (QED) is 0.0264. The highest BCUT2D eigenvalue weighted by atomic mass is 16.6. The first-order valence-electron chi connectivity index (χ1n) is 25.4. The Morgan fingerprint density at radius 2 is 0.773 bits per heavy atom. The summed E-state index contributed by atoms with van der Waals surface area (Å²) < 4.78 is 60.2. The normalized spacial score (nSPS) is 23.6. The molecule has 1 N–H and O–H groups in total. The topological polar surface area (TPSA) is 178 Å². The highest BCUT2D eigenvalue weighted by Gasteiger charge is 2.54. The van der Waals surface area contributed by atoms with Crippen molar-refractivity contribution >= 4 is 11.9 Å². The van der Waals surface area contributed by atoms with Crippen molar-refractivity contribution in [2.24, 2.45) is 5.11 Å². The molecule has 2 heterocycles. The first-order chi connectivity index (χ1) is 36.6. The van der Waals surface area contributed by atoms with Gasteiger partial charge in [0.15, 0.2) is 12.2 Å². The Hall–Kier alpha value is -6.75. The monoisotopic (exact) mass is 1020 g/mol. The van der Waals surface area contributed by atoms with Gasteiger partial charge in [-0.15, -0.1) is 0 Å². The minimum absolute atomic E-state index is 0.0970. The number of carbonyl (C=O) groups is 2. The Morgan fingerprint density at radius 1 is 0.467 bits per heavy atom. The van der Waals surface area contributed by atoms with Crippen molar-refractivity contribution < 1.29 is 52.2 Å². The van der Waals surface area contributed by atoms with Gasteiger partial charge in [0, 0.05) is 11.5 Å². The SMILES string of the molecule is CC(C)(C)OC(=O)[C@H]1O[C@@H](CNC(=O)[C@H]2O[C@@H](CN=[N+]=[N-])[C@H](OCc3ccccc3)[C@@H](OCc3ccccc3)[C@@H]2OCc2ccccc2)[C@H](OCc2ccccc2)[C@@H](OCc2ccccc2)[C@@H]1OCc1ccccc1. The summed E-state index contributed by atoms with van der Waals surface area (Å²) in [6.07, 6.45) is -10.4. The molecule has 0 saturated carbocycles. The number of hydrogen-bond donors (Lipinski definition) is 1. The predicted molar refractivity (Wildman–Crippen MR) is 280 cm³/mol. The second-order valence-corrected chi connectivity index (χ2v) is 19.4. The van der Waals surface area contributed by atoms with Gasteiger partial charge < -0.3 is 47.9 Å². The first-order valence-corrected chi connectivity index (χ1v) is 25.4. The zero-order chi connectivity index (χ0) is 52.2. The number of rotatable bonds is 24. The average molecular weight is 1020 g/mol. The van der Waals surface area contributed by atoms with E-state index in [2.05, 4.69) is 15.3 Å². The lowest BCUT2D eigenvalue weighted by molar-refractivity contribution is -0.268. The zero-order valence-electron chi connectivity index (χ0n) is 42.6. The molecule has 6 aromatic rings. The van der Waals surface area contributed by atoms with Crippen molar-refractivity contribution in [2.75, 3.05) is 13.1 Å². The van der Waals surface area contributed by atoms with E-state index in [9.17, 15) is 10.3 Å². The van der Waals surface area contributed by atoms with Gasteiger partial charge in [0.2, 0.25) is 0 Å². The summed E-state index contributed by atoms with van der Waals surface area (Å²) in [4.78, 5) is 32.8. The third-order valence-electron chi connectivity index (χ3n) is 12.7. The molecule has 0 bridgehead atoms. The van der Waals surface area contributed by atoms with E-state index in [1.54, 1.807) is 20.8 Å². The zero-order valence-corrected chi connectivity index (χ0v) is 42.6. The van der Waals surface area contributed by atoms with Gasteiger partial charge in [-0.25, -0.2) is 4.79 Å². The maximum Gasteiger partial charge on any atom is 0.338 e. The van der Waals surface area contributed by atoms with Crippen LogP contribution in [0.15, 0.2) is 187 Å². The molecule has 2 aliphatic rings. The maximum absolute atomic E-state index is 15.2. The van der Waals surface area contributed by atoms with Gasteiger partial charge >= 0.3 is 5.97 Å². The van der Waals surface area contributed by atoms with Crippen LogP contribution in [0.1, 0.15) is 54.2 Å². The number of benzene rings is 6. The Kier molecular flexibility index (Phi) is 20.1. The maximum atomic E-state index is 15.2. The second kappa shape index (κ2) is 27.7. The standard InChI is InChI=1S/C60H66N4O11/c1-60(2,3)75-59(66)57-55(72-41-47-32-20-9-21-33-47)53(70-39-45-28-16-7-17-29-45)50(67-36-42-22-10-4-11-23-42)48(74-57)34-62-58(65)56-54(71-40-46-30-18-8-19-31-46)52(69-38-44-26-14-6-15-27-44)51(49(73-56)35-63-64-61)68-37-43-24-12-5-13-25-43/h4-33,48-57H,34-41H2,1-3H3,(H,62,65)/t48-,49-,50-,51-,52+,53+,54-,55-,56-,57-/m0/s1. The molecule has 1 amide bonds. The number of nitrogens with one attached hydrogen (secondary N) is 1. The van der Waals surface area contributed by atoms with E-state index in [4.69, 9.17) is 42.6 Å². The van der Waals surface area contributed by atoms with Crippen molar-refractivity contribution in [1.29, 1.82) is 0 Å². The Morgan fingerprint density at radius 3 is 1.12 bits per heavy atom. The lowest BCUT2D eigenvalue weighted by Crippen LogP contribution is -2.66. The van der Waals surface area contributed by atoms with Crippen LogP contribution in [0.5, 0.6) is 0 Å². The van der Waals surface area contributed by atoms with E-state index in [0.717, 1.165) is 33.4 Å². The molecule has 2 fully saturated rings. The van der Waals surface area contributed by atoms with Gasteiger partial charge in [-0.2, -0.15) is 0 Å². The van der Waals surface area contributed by atoms with Crippen molar-refractivity contribution in [3.05, 3.63) is 226 Å². The largest absolute Gasteiger partial charge is 0.458 e. The molecular formula is C60H66N4O11. The van der Waals surface area contributed by atoms with Crippen LogP contribution < -0.4 is 5.32 Å². The van der Waals surface area contributed by atoms with E-state index in [-0.39, 0.29) is 52.7 Å². The van der Waals surface area contributed by atoms with Crippen LogP contribution in [-0.4, -0.2) is 91.6 Å². The predicted octanol–water partition coefficient (Wildman–Crippen LogP) is 9.80. The molecular weight excluding hydrogens is 953 g/mol. The van der Waals surface area contributed by atoms with Crippen LogP contribution in [0.4, 0.5) is 0 Å². The summed E-state index contributed by atoms with van der Waals surface area (Å²) in [5, 5.41) is 7.02. The van der Waals surface area contributed by atoms with Gasteiger partial charge in [0.05, 0.1) is 52.3 Å². The molecule has 2 saturated heterocycles. The lowest BCUT2D eigenvalue weighted by atomic mass is 9.92. The van der Waals surface area contributed by atoms with Gasteiger partial charge in [0.1, 0.15) is 48.3 Å². The highest BCUT2D eigenvalue weighted by molar-refractivity contribution is 5.82. The molecule has 0 aromatic heterocycles. The molecule has 6 aromatic carbocycles. The lowest BCUT2D eigenvalue weighted by Gasteiger charge is -2.47. The average Bonchev–Trinajstić information content (AvgIpc) is 3.44. The van der Waals surface area contributed by atoms with Crippen LogP contribution in [-0.2, 0) is 91.9 Å². The fraction of sp³-hybridized carbons (Fsp3) is 0.367. The fourth-order valence-electron chi connectivity index (χ4n) is 9.07. The van der Waals surface area contributed by atoms with Gasteiger partial charge in [0.25, 0.3) is 5.91 Å². The molecule has 0 aliphatic carbocycles. The smallest absolute Gasteiger partial charge is 0.338 e. The summed E-state index contributed by atoms with van der Waals surface area (Å²) in [6, 6.07) is 57.8.